The Morgan fingerprint density at radius 2 is 1.58 bits per heavy atom. The van der Waals surface area contributed by atoms with Gasteiger partial charge in [-0.2, -0.15) is 0 Å². The minimum Gasteiger partial charge on any atom is -0.314 e. The summed E-state index contributed by atoms with van der Waals surface area (Å²) in [5.74, 6) is 0. The number of hydrogen-bond donors (Lipinski definition) is 2. The van der Waals surface area contributed by atoms with Gasteiger partial charge in [-0.3, -0.25) is 0 Å². The molecule has 0 bridgehead atoms. The summed E-state index contributed by atoms with van der Waals surface area (Å²) in [5.41, 5.74) is 1.84. The highest BCUT2D eigenvalue weighted by molar-refractivity contribution is 7.95. The Labute approximate surface area is 140 Å². The predicted molar refractivity (Wildman–Crippen MR) is 92.5 cm³/mol. The number of benzene rings is 2. The maximum Gasteiger partial charge on any atom is 0.323 e. The number of hydrogen-bond acceptors (Lipinski definition) is 3. The smallest absolute Gasteiger partial charge is 0.314 e. The van der Waals surface area contributed by atoms with Gasteiger partial charge < -0.3 is 10.6 Å². The van der Waals surface area contributed by atoms with Crippen LogP contribution in [0.2, 0.25) is 0 Å². The van der Waals surface area contributed by atoms with Crippen LogP contribution in [0.5, 0.6) is 0 Å². The Morgan fingerprint density at radius 1 is 0.917 bits per heavy atom. The number of carbonyl (C=O) groups excluding carboxylic acids is 1. The molecule has 122 valence electrons. The van der Waals surface area contributed by atoms with E-state index in [0.29, 0.717) is 5.56 Å². The minimum atomic E-state index is -3.78. The van der Waals surface area contributed by atoms with Crippen LogP contribution in [0.3, 0.4) is 0 Å². The molecule has 3 rings (SSSR count). The quantitative estimate of drug-likeness (QED) is 0.902. The van der Waals surface area contributed by atoms with Crippen molar-refractivity contribution in [2.75, 3.05) is 0 Å². The number of nitrogens with one attached hydrogen (secondary N) is 2. The molecule has 0 atom stereocenters. The molecular weight excluding hydrogens is 324 g/mol. The number of carbonyl (C=O) groups is 1. The minimum absolute atomic E-state index is 0.0379. The lowest BCUT2D eigenvalue weighted by atomic mass is 10.1. The fraction of sp³-hybridized carbons (Fsp3) is 0.0556. The highest BCUT2D eigenvalue weighted by atomic mass is 32.2. The van der Waals surface area contributed by atoms with Crippen molar-refractivity contribution in [3.8, 4) is 0 Å². The van der Waals surface area contributed by atoms with Crippen molar-refractivity contribution in [1.82, 2.24) is 10.6 Å². The first-order valence-corrected chi connectivity index (χ1v) is 8.82. The van der Waals surface area contributed by atoms with Crippen molar-refractivity contribution in [3.05, 3.63) is 82.9 Å². The van der Waals surface area contributed by atoms with Crippen LogP contribution in [0, 0.1) is 6.92 Å². The van der Waals surface area contributed by atoms with Crippen molar-refractivity contribution in [1.29, 1.82) is 0 Å². The summed E-state index contributed by atoms with van der Waals surface area (Å²) in [7, 11) is -3.78. The van der Waals surface area contributed by atoms with Gasteiger partial charge in [0.25, 0.3) is 0 Å². The van der Waals surface area contributed by atoms with E-state index in [2.05, 4.69) is 10.6 Å². The summed E-state index contributed by atoms with van der Waals surface area (Å²) in [6.45, 7) is 1.89. The lowest BCUT2D eigenvalue weighted by Gasteiger charge is -2.13. The van der Waals surface area contributed by atoms with Gasteiger partial charge in [-0.05, 0) is 30.7 Å². The zero-order valence-corrected chi connectivity index (χ0v) is 13.8. The average Bonchev–Trinajstić information content (AvgIpc) is 2.78. The van der Waals surface area contributed by atoms with E-state index in [1.54, 1.807) is 48.5 Å². The molecule has 0 aliphatic carbocycles. The number of aryl methyl sites for hydroxylation is 1. The lowest BCUT2D eigenvalue weighted by Crippen LogP contribution is -2.30. The van der Waals surface area contributed by atoms with E-state index in [1.165, 1.54) is 12.3 Å². The molecule has 2 amide bonds. The van der Waals surface area contributed by atoms with Gasteiger partial charge in [0, 0.05) is 6.20 Å². The summed E-state index contributed by atoms with van der Waals surface area (Å²) < 4.78 is 26.1. The average molecular weight is 340 g/mol. The van der Waals surface area contributed by atoms with Gasteiger partial charge in [0.15, 0.2) is 0 Å². The number of amides is 2. The number of sulfone groups is 1. The van der Waals surface area contributed by atoms with E-state index in [0.717, 1.165) is 5.56 Å². The highest BCUT2D eigenvalue weighted by Gasteiger charge is 2.26. The van der Waals surface area contributed by atoms with Crippen LogP contribution >= 0.6 is 0 Å². The van der Waals surface area contributed by atoms with Crippen LogP contribution in [0.4, 0.5) is 4.79 Å². The molecule has 24 heavy (non-hydrogen) atoms. The maximum absolute atomic E-state index is 13.1. The molecule has 2 aromatic carbocycles. The number of urea groups is 1. The molecular formula is C18H16N2O3S. The Kier molecular flexibility index (Phi) is 4.22. The molecule has 2 aromatic rings. The van der Waals surface area contributed by atoms with E-state index in [4.69, 9.17) is 0 Å². The second-order valence-electron chi connectivity index (χ2n) is 5.35. The van der Waals surface area contributed by atoms with Crippen molar-refractivity contribution < 1.29 is 13.2 Å². The van der Waals surface area contributed by atoms with Gasteiger partial charge in [0.1, 0.15) is 0 Å². The summed E-state index contributed by atoms with van der Waals surface area (Å²) in [5, 5.41) is 5.09. The first kappa shape index (κ1) is 16.0. The molecule has 1 heterocycles. The molecule has 0 radical (unpaired) electrons. The zero-order chi connectivity index (χ0) is 17.2. The predicted octanol–water partition coefficient (Wildman–Crippen LogP) is 2.96. The Morgan fingerprint density at radius 3 is 2.25 bits per heavy atom. The third-order valence-electron chi connectivity index (χ3n) is 3.62. The van der Waals surface area contributed by atoms with Crippen LogP contribution < -0.4 is 10.6 Å². The number of allylic oxidation sites excluding steroid dienone is 1. The van der Waals surface area contributed by atoms with Crippen LogP contribution in [0.1, 0.15) is 11.1 Å². The van der Waals surface area contributed by atoms with E-state index < -0.39 is 15.9 Å². The monoisotopic (exact) mass is 340 g/mol. The van der Waals surface area contributed by atoms with Crippen LogP contribution in [-0.2, 0) is 9.84 Å². The van der Waals surface area contributed by atoms with E-state index >= 15 is 0 Å². The van der Waals surface area contributed by atoms with E-state index in [9.17, 15) is 13.2 Å². The van der Waals surface area contributed by atoms with Gasteiger partial charge in [0.05, 0.1) is 15.5 Å². The van der Waals surface area contributed by atoms with Crippen LogP contribution in [0.25, 0.3) is 5.70 Å². The molecule has 0 saturated carbocycles. The standard InChI is InChI=1S/C18H16N2O3S/c1-13-7-9-15(10-8-13)24(22,23)16-11-12-19-18(21)20-17(16)14-5-3-2-4-6-14/h2-12H,1H3,(H2,19,20,21). The van der Waals surface area contributed by atoms with E-state index in [-0.39, 0.29) is 15.5 Å². The normalized spacial score (nSPS) is 14.8. The number of rotatable bonds is 3. The maximum atomic E-state index is 13.1. The third kappa shape index (κ3) is 3.09. The fourth-order valence-electron chi connectivity index (χ4n) is 2.38. The highest BCUT2D eigenvalue weighted by Crippen LogP contribution is 2.28. The summed E-state index contributed by atoms with van der Waals surface area (Å²) in [6.07, 6.45) is 2.72. The third-order valence-corrected chi connectivity index (χ3v) is 5.43. The van der Waals surface area contributed by atoms with Crippen molar-refractivity contribution in [3.63, 3.8) is 0 Å². The van der Waals surface area contributed by atoms with Gasteiger partial charge in [-0.25, -0.2) is 13.2 Å². The fourth-order valence-corrected chi connectivity index (χ4v) is 3.81. The summed E-state index contributed by atoms with van der Waals surface area (Å²) in [4.78, 5) is 12.0. The molecule has 0 aromatic heterocycles. The van der Waals surface area contributed by atoms with Crippen LogP contribution in [-0.4, -0.2) is 14.4 Å². The van der Waals surface area contributed by atoms with Crippen LogP contribution in [0.15, 0.2) is 76.7 Å². The van der Waals surface area contributed by atoms with E-state index in [1.807, 2.05) is 13.0 Å². The molecule has 0 unspecified atom stereocenters. The van der Waals surface area contributed by atoms with Crippen molar-refractivity contribution in [2.24, 2.45) is 0 Å². The first-order chi connectivity index (χ1) is 11.5. The molecule has 0 saturated heterocycles. The van der Waals surface area contributed by atoms with Gasteiger partial charge >= 0.3 is 6.03 Å². The molecule has 1 aliphatic rings. The second kappa shape index (κ2) is 6.33. The Balaban J connectivity index is 2.22. The molecule has 2 N–H and O–H groups in total. The van der Waals surface area contributed by atoms with Gasteiger partial charge in [-0.1, -0.05) is 48.0 Å². The molecule has 0 spiro atoms. The summed E-state index contributed by atoms with van der Waals surface area (Å²) >= 11 is 0. The molecule has 0 fully saturated rings. The molecule has 6 heteroatoms. The molecule has 5 nitrogen and oxygen atoms in total. The second-order valence-corrected chi connectivity index (χ2v) is 7.27. The zero-order valence-electron chi connectivity index (χ0n) is 13.0. The lowest BCUT2D eigenvalue weighted by molar-refractivity contribution is 0.248. The van der Waals surface area contributed by atoms with Gasteiger partial charge in [0.2, 0.25) is 9.84 Å². The Bertz CT molecular complexity index is 928. The Hall–Kier alpha value is -2.86. The van der Waals surface area contributed by atoms with Gasteiger partial charge in [-0.15, -0.1) is 0 Å². The van der Waals surface area contributed by atoms with Crippen molar-refractivity contribution in [2.45, 2.75) is 11.8 Å². The largest absolute Gasteiger partial charge is 0.323 e. The van der Waals surface area contributed by atoms with Crippen molar-refractivity contribution >= 4 is 21.6 Å². The topological polar surface area (TPSA) is 75.3 Å². The SMILES string of the molecule is Cc1ccc(S(=O)(=O)C2=C(c3ccccc3)NC(=O)NC=C2)cc1. The molecule has 1 aliphatic heterocycles. The summed E-state index contributed by atoms with van der Waals surface area (Å²) in [6, 6.07) is 15.0. The first-order valence-electron chi connectivity index (χ1n) is 7.34.